The van der Waals surface area contributed by atoms with Gasteiger partial charge in [0.2, 0.25) is 0 Å². The molecule has 0 aliphatic carbocycles. The number of carbonyl (C=O) groups is 1. The predicted molar refractivity (Wildman–Crippen MR) is 71.4 cm³/mol. The van der Waals surface area contributed by atoms with Crippen molar-refractivity contribution in [2.24, 2.45) is 5.92 Å². The van der Waals surface area contributed by atoms with E-state index in [1.54, 1.807) is 12.1 Å². The Morgan fingerprint density at radius 2 is 2.26 bits per heavy atom. The highest BCUT2D eigenvalue weighted by molar-refractivity contribution is 7.98. The lowest BCUT2D eigenvalue weighted by molar-refractivity contribution is -0.385. The summed E-state index contributed by atoms with van der Waals surface area (Å²) in [7, 11) is 0. The van der Waals surface area contributed by atoms with E-state index < -0.39 is 4.92 Å². The zero-order valence-corrected chi connectivity index (χ0v) is 11.2. The predicted octanol–water partition coefficient (Wildman–Crippen LogP) is 1.38. The van der Waals surface area contributed by atoms with Crippen LogP contribution >= 0.6 is 11.8 Å². The van der Waals surface area contributed by atoms with Gasteiger partial charge in [-0.25, -0.2) is 0 Å². The Labute approximate surface area is 114 Å². The first-order chi connectivity index (χ1) is 9.06. The number of benzene rings is 1. The molecule has 1 aliphatic rings. The highest BCUT2D eigenvalue weighted by atomic mass is 32.2. The number of nitrogens with zero attached hydrogens (tertiary/aromatic N) is 2. The van der Waals surface area contributed by atoms with Crippen molar-refractivity contribution in [1.29, 1.82) is 0 Å². The highest BCUT2D eigenvalue weighted by Crippen LogP contribution is 2.28. The third kappa shape index (κ3) is 2.71. The first kappa shape index (κ1) is 13.8. The van der Waals surface area contributed by atoms with Crippen LogP contribution in [-0.2, 0) is 0 Å². The summed E-state index contributed by atoms with van der Waals surface area (Å²) in [6.45, 7) is 0.947. The fraction of sp³-hybridized carbons (Fsp3) is 0.417. The van der Waals surface area contributed by atoms with Crippen molar-refractivity contribution in [2.45, 2.75) is 4.90 Å². The molecule has 0 aromatic heterocycles. The van der Waals surface area contributed by atoms with Crippen LogP contribution in [-0.4, -0.2) is 46.8 Å². The normalized spacial score (nSPS) is 15.2. The van der Waals surface area contributed by atoms with Crippen LogP contribution in [0.2, 0.25) is 0 Å². The molecule has 1 amide bonds. The topological polar surface area (TPSA) is 83.7 Å². The number of nitro groups is 1. The summed E-state index contributed by atoms with van der Waals surface area (Å²) in [4.78, 5) is 25.0. The van der Waals surface area contributed by atoms with Gasteiger partial charge in [-0.2, -0.15) is 0 Å². The molecule has 1 aromatic rings. The fourth-order valence-corrected chi connectivity index (χ4v) is 2.43. The summed E-state index contributed by atoms with van der Waals surface area (Å²) in [5, 5.41) is 19.9. The summed E-state index contributed by atoms with van der Waals surface area (Å²) >= 11 is 1.43. The number of aliphatic hydroxyl groups excluding tert-OH is 1. The Morgan fingerprint density at radius 1 is 1.58 bits per heavy atom. The molecule has 1 aromatic carbocycles. The van der Waals surface area contributed by atoms with Crippen LogP contribution in [0, 0.1) is 16.0 Å². The van der Waals surface area contributed by atoms with Gasteiger partial charge >= 0.3 is 0 Å². The number of nitro benzene ring substituents is 1. The maximum absolute atomic E-state index is 12.2. The molecule has 0 unspecified atom stereocenters. The molecule has 7 heteroatoms. The first-order valence-corrected chi connectivity index (χ1v) is 7.02. The average molecular weight is 282 g/mol. The number of hydrogen-bond acceptors (Lipinski definition) is 5. The van der Waals surface area contributed by atoms with E-state index in [0.717, 1.165) is 4.90 Å². The molecular formula is C12H14N2O4S. The highest BCUT2D eigenvalue weighted by Gasteiger charge is 2.33. The second kappa shape index (κ2) is 5.58. The number of carbonyl (C=O) groups excluding carboxylic acids is 1. The van der Waals surface area contributed by atoms with Gasteiger partial charge in [-0.1, -0.05) is 0 Å². The zero-order chi connectivity index (χ0) is 14.0. The second-order valence-corrected chi connectivity index (χ2v) is 5.28. The molecule has 0 saturated carbocycles. The minimum absolute atomic E-state index is 0.0384. The van der Waals surface area contributed by atoms with Crippen molar-refractivity contribution in [3.8, 4) is 0 Å². The van der Waals surface area contributed by atoms with Crippen LogP contribution in [0.25, 0.3) is 0 Å². The first-order valence-electron chi connectivity index (χ1n) is 5.79. The van der Waals surface area contributed by atoms with Gasteiger partial charge in [0, 0.05) is 36.6 Å². The van der Waals surface area contributed by atoms with E-state index >= 15 is 0 Å². The standard InChI is InChI=1S/C12H14N2O4S/c1-19-9-2-3-11(14(17)18)10(4-9)12(16)13-5-8(6-13)7-15/h2-4,8,15H,5-7H2,1H3. The maximum Gasteiger partial charge on any atom is 0.282 e. The number of likely N-dealkylation sites (tertiary alicyclic amines) is 1. The lowest BCUT2D eigenvalue weighted by Crippen LogP contribution is -2.51. The van der Waals surface area contributed by atoms with Crippen molar-refractivity contribution in [3.63, 3.8) is 0 Å². The van der Waals surface area contributed by atoms with Crippen LogP contribution < -0.4 is 0 Å². The third-order valence-corrected chi connectivity index (χ3v) is 3.86. The quantitative estimate of drug-likeness (QED) is 0.512. The molecule has 0 radical (unpaired) electrons. The molecule has 0 spiro atoms. The van der Waals surface area contributed by atoms with Crippen LogP contribution in [0.3, 0.4) is 0 Å². The van der Waals surface area contributed by atoms with E-state index in [4.69, 9.17) is 5.11 Å². The SMILES string of the molecule is CSc1ccc([N+](=O)[O-])c(C(=O)N2CC(CO)C2)c1. The molecule has 0 bridgehead atoms. The summed E-state index contributed by atoms with van der Waals surface area (Å²) in [5.41, 5.74) is -0.0523. The number of hydrogen-bond donors (Lipinski definition) is 1. The molecule has 0 atom stereocenters. The summed E-state index contributed by atoms with van der Waals surface area (Å²) in [6, 6.07) is 4.55. The van der Waals surface area contributed by atoms with Crippen molar-refractivity contribution in [3.05, 3.63) is 33.9 Å². The average Bonchev–Trinajstić information content (AvgIpc) is 2.36. The van der Waals surface area contributed by atoms with E-state index in [2.05, 4.69) is 0 Å². The lowest BCUT2D eigenvalue weighted by Gasteiger charge is -2.38. The van der Waals surface area contributed by atoms with Gasteiger partial charge in [0.25, 0.3) is 11.6 Å². The molecule has 102 valence electrons. The van der Waals surface area contributed by atoms with Crippen molar-refractivity contribution in [1.82, 2.24) is 4.90 Å². The minimum Gasteiger partial charge on any atom is -0.396 e. The van der Waals surface area contributed by atoms with Crippen molar-refractivity contribution in [2.75, 3.05) is 26.0 Å². The van der Waals surface area contributed by atoms with Crippen LogP contribution in [0.15, 0.2) is 23.1 Å². The number of aliphatic hydroxyl groups is 1. The number of amides is 1. The van der Waals surface area contributed by atoms with Crippen molar-refractivity contribution >= 4 is 23.4 Å². The Bertz CT molecular complexity index is 514. The van der Waals surface area contributed by atoms with Gasteiger partial charge in [-0.05, 0) is 18.4 Å². The van der Waals surface area contributed by atoms with Gasteiger partial charge in [0.05, 0.1) is 4.92 Å². The summed E-state index contributed by atoms with van der Waals surface area (Å²) < 4.78 is 0. The fourth-order valence-electron chi connectivity index (χ4n) is 1.99. The maximum atomic E-state index is 12.2. The number of thioether (sulfide) groups is 1. The van der Waals surface area contributed by atoms with E-state index in [1.165, 1.54) is 22.7 Å². The molecule has 6 nitrogen and oxygen atoms in total. The molecule has 2 rings (SSSR count). The van der Waals surface area contributed by atoms with Gasteiger partial charge in [-0.3, -0.25) is 14.9 Å². The van der Waals surface area contributed by atoms with E-state index in [-0.39, 0.29) is 29.7 Å². The third-order valence-electron chi connectivity index (χ3n) is 3.13. The van der Waals surface area contributed by atoms with Crippen LogP contribution in [0.1, 0.15) is 10.4 Å². The molecule has 1 N–H and O–H groups in total. The van der Waals surface area contributed by atoms with E-state index in [1.807, 2.05) is 6.26 Å². The second-order valence-electron chi connectivity index (χ2n) is 4.40. The molecule has 1 fully saturated rings. The zero-order valence-electron chi connectivity index (χ0n) is 10.4. The largest absolute Gasteiger partial charge is 0.396 e. The van der Waals surface area contributed by atoms with E-state index in [9.17, 15) is 14.9 Å². The molecular weight excluding hydrogens is 268 g/mol. The Balaban J connectivity index is 2.27. The monoisotopic (exact) mass is 282 g/mol. The Morgan fingerprint density at radius 3 is 2.79 bits per heavy atom. The van der Waals surface area contributed by atoms with Gasteiger partial charge in [0.1, 0.15) is 5.56 Å². The van der Waals surface area contributed by atoms with Gasteiger partial charge in [-0.15, -0.1) is 11.8 Å². The molecule has 1 aliphatic heterocycles. The minimum atomic E-state index is -0.541. The van der Waals surface area contributed by atoms with Gasteiger partial charge < -0.3 is 10.0 Å². The molecule has 1 saturated heterocycles. The van der Waals surface area contributed by atoms with E-state index in [0.29, 0.717) is 13.1 Å². The molecule has 19 heavy (non-hydrogen) atoms. The van der Waals surface area contributed by atoms with Crippen molar-refractivity contribution < 1.29 is 14.8 Å². The summed E-state index contributed by atoms with van der Waals surface area (Å²) in [5.74, 6) is -0.251. The van der Waals surface area contributed by atoms with Gasteiger partial charge in [0.15, 0.2) is 0 Å². The smallest absolute Gasteiger partial charge is 0.282 e. The number of rotatable bonds is 4. The molecule has 1 heterocycles. The summed E-state index contributed by atoms with van der Waals surface area (Å²) in [6.07, 6.45) is 1.85. The van der Waals surface area contributed by atoms with Crippen LogP contribution in [0.5, 0.6) is 0 Å². The Hall–Kier alpha value is -1.60. The van der Waals surface area contributed by atoms with Crippen LogP contribution in [0.4, 0.5) is 5.69 Å². The lowest BCUT2D eigenvalue weighted by atomic mass is 9.99. The Kier molecular flexibility index (Phi) is 4.06.